The molecule has 0 unspecified atom stereocenters. The quantitative estimate of drug-likeness (QED) is 0.308. The fourth-order valence-corrected chi connectivity index (χ4v) is 3.52. The molecular weight excluding hydrogens is 344 g/mol. The Labute approximate surface area is 162 Å². The SMILES string of the molecule is CCCCC[C@H](O)C=C[C@@H]1[C@@H](CC#CCCCC(=O)O)C(=O)C(C)(C)[C@H]1O. The molecule has 0 aromatic carbocycles. The number of rotatable bonds is 10. The van der Waals surface area contributed by atoms with Gasteiger partial charge in [-0.25, -0.2) is 0 Å². The molecule has 0 radical (unpaired) electrons. The van der Waals surface area contributed by atoms with Gasteiger partial charge in [0.15, 0.2) is 0 Å². The van der Waals surface area contributed by atoms with Crippen LogP contribution in [0.3, 0.4) is 0 Å². The molecule has 27 heavy (non-hydrogen) atoms. The molecule has 0 amide bonds. The maximum atomic E-state index is 12.7. The summed E-state index contributed by atoms with van der Waals surface area (Å²) in [6, 6.07) is 0. The van der Waals surface area contributed by atoms with Gasteiger partial charge in [-0.15, -0.1) is 11.8 Å². The summed E-state index contributed by atoms with van der Waals surface area (Å²) in [5, 5.41) is 29.3. The summed E-state index contributed by atoms with van der Waals surface area (Å²) in [6.07, 6.45) is 7.30. The maximum absolute atomic E-state index is 12.7. The number of unbranched alkanes of at least 4 members (excludes halogenated alkanes) is 3. The van der Waals surface area contributed by atoms with Gasteiger partial charge in [-0.3, -0.25) is 9.59 Å². The molecule has 0 bridgehead atoms. The highest BCUT2D eigenvalue weighted by Crippen LogP contribution is 2.44. The fraction of sp³-hybridized carbons (Fsp3) is 0.727. The maximum Gasteiger partial charge on any atom is 0.303 e. The lowest BCUT2D eigenvalue weighted by molar-refractivity contribution is -0.137. The summed E-state index contributed by atoms with van der Waals surface area (Å²) >= 11 is 0. The summed E-state index contributed by atoms with van der Waals surface area (Å²) in [5.41, 5.74) is -0.835. The van der Waals surface area contributed by atoms with Gasteiger partial charge in [0.25, 0.3) is 0 Å². The van der Waals surface area contributed by atoms with Gasteiger partial charge in [0, 0.05) is 31.1 Å². The molecule has 0 aromatic heterocycles. The minimum Gasteiger partial charge on any atom is -0.481 e. The molecule has 1 rings (SSSR count). The number of carbonyl (C=O) groups is 2. The molecule has 0 saturated heterocycles. The van der Waals surface area contributed by atoms with Gasteiger partial charge >= 0.3 is 5.97 Å². The van der Waals surface area contributed by atoms with Crippen molar-refractivity contribution in [1.82, 2.24) is 0 Å². The minimum atomic E-state index is -0.838. The van der Waals surface area contributed by atoms with Crippen molar-refractivity contribution in [3.63, 3.8) is 0 Å². The second-order valence-corrected chi connectivity index (χ2v) is 7.97. The van der Waals surface area contributed by atoms with Crippen LogP contribution in [0, 0.1) is 29.1 Å². The number of aliphatic hydroxyl groups excluding tert-OH is 2. The molecule has 0 aliphatic heterocycles. The number of ketones is 1. The van der Waals surface area contributed by atoms with Crippen molar-refractivity contribution in [3.8, 4) is 11.8 Å². The summed E-state index contributed by atoms with van der Waals surface area (Å²) in [6.45, 7) is 5.61. The topological polar surface area (TPSA) is 94.8 Å². The standard InChI is InChI=1S/C22H34O5/c1-4-5-8-11-16(23)14-15-18-17(20(26)22(2,3)21(18)27)12-9-6-7-10-13-19(24)25/h14-18,21,23,27H,4-5,7-8,10-13H2,1-3H3,(H,24,25)/t16-,17+,18+,21-/m0/s1. The third-order valence-electron chi connectivity index (χ3n) is 5.34. The van der Waals surface area contributed by atoms with E-state index < -0.39 is 29.5 Å². The monoisotopic (exact) mass is 378 g/mol. The van der Waals surface area contributed by atoms with E-state index in [1.54, 1.807) is 26.0 Å². The number of carbonyl (C=O) groups excluding carboxylic acids is 1. The first kappa shape index (κ1) is 23.4. The van der Waals surface area contributed by atoms with E-state index in [0.29, 0.717) is 25.7 Å². The summed E-state index contributed by atoms with van der Waals surface area (Å²) < 4.78 is 0. The van der Waals surface area contributed by atoms with Crippen molar-refractivity contribution in [1.29, 1.82) is 0 Å². The van der Waals surface area contributed by atoms with E-state index in [9.17, 15) is 19.8 Å². The van der Waals surface area contributed by atoms with Crippen LogP contribution in [-0.2, 0) is 9.59 Å². The predicted octanol–water partition coefficient (Wildman–Crippen LogP) is 3.33. The van der Waals surface area contributed by atoms with Crippen LogP contribution in [0.5, 0.6) is 0 Å². The molecule has 152 valence electrons. The molecule has 4 atom stereocenters. The summed E-state index contributed by atoms with van der Waals surface area (Å²) in [5.74, 6) is 4.30. The van der Waals surface area contributed by atoms with E-state index >= 15 is 0 Å². The minimum absolute atomic E-state index is 0.00930. The number of carboxylic acids is 1. The first-order valence-electron chi connectivity index (χ1n) is 9.98. The molecule has 0 spiro atoms. The van der Waals surface area contributed by atoms with Gasteiger partial charge < -0.3 is 15.3 Å². The Morgan fingerprint density at radius 1 is 1.26 bits per heavy atom. The Morgan fingerprint density at radius 2 is 1.96 bits per heavy atom. The average molecular weight is 379 g/mol. The first-order chi connectivity index (χ1) is 12.7. The highest BCUT2D eigenvalue weighted by atomic mass is 16.4. The van der Waals surface area contributed by atoms with Crippen LogP contribution >= 0.6 is 0 Å². The zero-order chi connectivity index (χ0) is 20.4. The van der Waals surface area contributed by atoms with Gasteiger partial charge in [-0.1, -0.05) is 52.2 Å². The third-order valence-corrected chi connectivity index (χ3v) is 5.34. The molecule has 1 saturated carbocycles. The lowest BCUT2D eigenvalue weighted by Gasteiger charge is -2.22. The van der Waals surface area contributed by atoms with E-state index in [0.717, 1.165) is 19.3 Å². The second kappa shape index (κ2) is 11.3. The molecule has 1 aliphatic rings. The average Bonchev–Trinajstić information content (AvgIpc) is 2.76. The predicted molar refractivity (Wildman–Crippen MR) is 105 cm³/mol. The molecule has 0 aromatic rings. The van der Waals surface area contributed by atoms with Crippen molar-refractivity contribution in [2.75, 3.05) is 0 Å². The molecule has 3 N–H and O–H groups in total. The van der Waals surface area contributed by atoms with Gasteiger partial charge in [-0.05, 0) is 12.8 Å². The molecular formula is C22H34O5. The van der Waals surface area contributed by atoms with Crippen molar-refractivity contribution in [2.24, 2.45) is 17.3 Å². The van der Waals surface area contributed by atoms with Crippen molar-refractivity contribution in [2.45, 2.75) is 84.3 Å². The molecule has 1 aliphatic carbocycles. The van der Waals surface area contributed by atoms with E-state index in [2.05, 4.69) is 18.8 Å². The lowest BCUT2D eigenvalue weighted by Crippen LogP contribution is -2.31. The highest BCUT2D eigenvalue weighted by molar-refractivity contribution is 5.90. The van der Waals surface area contributed by atoms with Crippen LogP contribution in [0.4, 0.5) is 0 Å². The van der Waals surface area contributed by atoms with Crippen LogP contribution in [0.25, 0.3) is 0 Å². The Morgan fingerprint density at radius 3 is 2.59 bits per heavy atom. The van der Waals surface area contributed by atoms with Gasteiger partial charge in [-0.2, -0.15) is 0 Å². The van der Waals surface area contributed by atoms with Crippen LogP contribution in [0.1, 0.15) is 72.1 Å². The zero-order valence-corrected chi connectivity index (χ0v) is 16.8. The number of hydrogen-bond donors (Lipinski definition) is 3. The Balaban J connectivity index is 2.72. The number of Topliss-reactive ketones (excluding diaryl/α,β-unsaturated/α-hetero) is 1. The lowest BCUT2D eigenvalue weighted by atomic mass is 9.86. The second-order valence-electron chi connectivity index (χ2n) is 7.97. The third kappa shape index (κ3) is 7.12. The molecule has 0 heterocycles. The normalized spacial score (nSPS) is 25.4. The van der Waals surface area contributed by atoms with Crippen LogP contribution < -0.4 is 0 Å². The highest BCUT2D eigenvalue weighted by Gasteiger charge is 2.52. The molecule has 5 heteroatoms. The largest absolute Gasteiger partial charge is 0.481 e. The Bertz CT molecular complexity index is 581. The number of aliphatic carboxylic acids is 1. The zero-order valence-electron chi connectivity index (χ0n) is 16.8. The van der Waals surface area contributed by atoms with Crippen molar-refractivity contribution >= 4 is 11.8 Å². The van der Waals surface area contributed by atoms with E-state index in [4.69, 9.17) is 5.11 Å². The smallest absolute Gasteiger partial charge is 0.303 e. The van der Waals surface area contributed by atoms with E-state index in [1.807, 2.05) is 0 Å². The number of aliphatic hydroxyl groups is 2. The van der Waals surface area contributed by atoms with Crippen LogP contribution in [0.2, 0.25) is 0 Å². The van der Waals surface area contributed by atoms with Gasteiger partial charge in [0.05, 0.1) is 17.6 Å². The van der Waals surface area contributed by atoms with Crippen LogP contribution in [-0.4, -0.2) is 39.3 Å². The van der Waals surface area contributed by atoms with E-state index in [1.165, 1.54) is 0 Å². The summed E-state index contributed by atoms with van der Waals surface area (Å²) in [7, 11) is 0. The summed E-state index contributed by atoms with van der Waals surface area (Å²) in [4.78, 5) is 23.2. The number of hydrogen-bond acceptors (Lipinski definition) is 4. The molecule has 5 nitrogen and oxygen atoms in total. The Kier molecular flexibility index (Phi) is 9.76. The van der Waals surface area contributed by atoms with Gasteiger partial charge in [0.2, 0.25) is 0 Å². The van der Waals surface area contributed by atoms with Gasteiger partial charge in [0.1, 0.15) is 5.78 Å². The fourth-order valence-electron chi connectivity index (χ4n) is 3.52. The number of carboxylic acid groups (broad SMARTS) is 1. The van der Waals surface area contributed by atoms with Crippen LogP contribution in [0.15, 0.2) is 12.2 Å². The molecule has 1 fully saturated rings. The van der Waals surface area contributed by atoms with E-state index in [-0.39, 0.29) is 18.1 Å². The Hall–Kier alpha value is -1.64. The van der Waals surface area contributed by atoms with Crippen molar-refractivity contribution < 1.29 is 24.9 Å². The first-order valence-corrected chi connectivity index (χ1v) is 9.98. The van der Waals surface area contributed by atoms with Crippen molar-refractivity contribution in [3.05, 3.63) is 12.2 Å².